The van der Waals surface area contributed by atoms with Crippen molar-refractivity contribution in [3.05, 3.63) is 91.0 Å². The molecule has 0 aliphatic rings. The molecule has 7 rings (SSSR count). The van der Waals surface area contributed by atoms with Gasteiger partial charge in [0.2, 0.25) is 17.5 Å². The van der Waals surface area contributed by atoms with Gasteiger partial charge in [0, 0.05) is 33.4 Å². The van der Waals surface area contributed by atoms with Crippen LogP contribution in [0.15, 0.2) is 105 Å². The minimum absolute atomic E-state index is 0.299. The van der Waals surface area contributed by atoms with Crippen LogP contribution in [0.3, 0.4) is 0 Å². The second-order valence-electron chi connectivity index (χ2n) is 19.1. The summed E-state index contributed by atoms with van der Waals surface area (Å²) in [5.74, 6) is 4.69. The molecule has 12 nitrogen and oxygen atoms in total. The molecule has 7 aromatic rings. The maximum Gasteiger partial charge on any atom is 0.258 e. The molecule has 0 aliphatic carbocycles. The van der Waals surface area contributed by atoms with Gasteiger partial charge in [0.15, 0.2) is 0 Å². The van der Waals surface area contributed by atoms with E-state index in [0.717, 1.165) is 53.2 Å². The van der Waals surface area contributed by atoms with E-state index in [1.165, 1.54) is 135 Å². The van der Waals surface area contributed by atoms with E-state index in [1.54, 1.807) is 0 Å². The van der Waals surface area contributed by atoms with Crippen LogP contribution in [-0.2, 0) is 0 Å². The molecule has 0 atom stereocenters. The van der Waals surface area contributed by atoms with E-state index >= 15 is 0 Å². The Balaban J connectivity index is 1.02. The number of rotatable bonds is 36. The van der Waals surface area contributed by atoms with E-state index in [1.807, 2.05) is 91.0 Å². The molecule has 0 saturated carbocycles. The van der Waals surface area contributed by atoms with Crippen molar-refractivity contribution in [1.82, 2.24) is 30.4 Å². The van der Waals surface area contributed by atoms with E-state index < -0.39 is 0 Å². The first-order valence-corrected chi connectivity index (χ1v) is 27.5. The molecule has 72 heavy (non-hydrogen) atoms. The van der Waals surface area contributed by atoms with Gasteiger partial charge in [-0.15, -0.1) is 0 Å². The van der Waals surface area contributed by atoms with Crippen LogP contribution in [0.4, 0.5) is 0 Å². The van der Waals surface area contributed by atoms with Crippen molar-refractivity contribution in [1.29, 1.82) is 0 Å². The molecule has 0 aliphatic heterocycles. The first kappa shape index (κ1) is 53.5. The van der Waals surface area contributed by atoms with Gasteiger partial charge in [-0.2, -0.15) is 15.0 Å². The average Bonchev–Trinajstić information content (AvgIpc) is 4.24. The quantitative estimate of drug-likeness (QED) is 0.0345. The standard InChI is InChI=1S/C60H78N6O6/c1-4-7-10-13-16-19-22-25-40-67-52-34-28-46(29-35-52)55-61-58(70-64-55)49-43-50(59-62-56(65-71-59)47-30-36-53(37-31-47)68-41-26-23-20-17-14-11-8-5-2)45-51(44-49)60-63-57(66-72-60)48-32-38-54(39-33-48)69-42-27-24-21-18-15-12-9-6-3/h28-39,43-45H,4-27,40-42H2,1-3H3. The normalized spacial score (nSPS) is 11.4. The lowest BCUT2D eigenvalue weighted by Crippen LogP contribution is -1.97. The molecular weight excluding hydrogens is 901 g/mol. The monoisotopic (exact) mass is 979 g/mol. The van der Waals surface area contributed by atoms with Gasteiger partial charge in [0.1, 0.15) is 17.2 Å². The maximum absolute atomic E-state index is 6.05. The summed E-state index contributed by atoms with van der Waals surface area (Å²) in [6.07, 6.45) is 30.3. The van der Waals surface area contributed by atoms with Crippen molar-refractivity contribution >= 4 is 0 Å². The lowest BCUT2D eigenvalue weighted by Gasteiger charge is -2.06. The average molecular weight is 979 g/mol. The van der Waals surface area contributed by atoms with Crippen LogP contribution in [0.1, 0.15) is 175 Å². The van der Waals surface area contributed by atoms with Crippen LogP contribution in [0.5, 0.6) is 17.2 Å². The fourth-order valence-electron chi connectivity index (χ4n) is 8.75. The van der Waals surface area contributed by atoms with Crippen LogP contribution >= 0.6 is 0 Å². The predicted octanol–water partition coefficient (Wildman–Crippen LogP) is 17.4. The second-order valence-corrected chi connectivity index (χ2v) is 19.1. The van der Waals surface area contributed by atoms with Gasteiger partial charge in [-0.3, -0.25) is 0 Å². The van der Waals surface area contributed by atoms with Crippen molar-refractivity contribution < 1.29 is 27.8 Å². The summed E-state index contributed by atoms with van der Waals surface area (Å²) in [6.45, 7) is 8.86. The Morgan fingerprint density at radius 3 is 0.778 bits per heavy atom. The van der Waals surface area contributed by atoms with Gasteiger partial charge in [-0.1, -0.05) is 171 Å². The Morgan fingerprint density at radius 2 is 0.528 bits per heavy atom. The molecule has 0 saturated heterocycles. The molecule has 0 fully saturated rings. The topological polar surface area (TPSA) is 144 Å². The largest absolute Gasteiger partial charge is 0.494 e. The summed E-state index contributed by atoms with van der Waals surface area (Å²) < 4.78 is 35.9. The summed E-state index contributed by atoms with van der Waals surface area (Å²) in [6, 6.07) is 29.0. The van der Waals surface area contributed by atoms with Gasteiger partial charge in [-0.25, -0.2) is 0 Å². The van der Waals surface area contributed by atoms with Gasteiger partial charge < -0.3 is 27.8 Å². The Bertz CT molecular complexity index is 2260. The van der Waals surface area contributed by atoms with Crippen LogP contribution in [0.25, 0.3) is 68.5 Å². The third-order valence-corrected chi connectivity index (χ3v) is 13.1. The number of unbranched alkanes of at least 4 members (excludes halogenated alkanes) is 21. The minimum atomic E-state index is 0.299. The molecule has 384 valence electrons. The molecule has 12 heteroatoms. The molecule has 3 heterocycles. The van der Waals surface area contributed by atoms with Crippen LogP contribution in [0, 0.1) is 0 Å². The molecule has 0 spiro atoms. The number of hydrogen-bond acceptors (Lipinski definition) is 12. The van der Waals surface area contributed by atoms with Crippen LogP contribution in [-0.4, -0.2) is 50.2 Å². The predicted molar refractivity (Wildman–Crippen MR) is 287 cm³/mol. The van der Waals surface area contributed by atoms with Gasteiger partial charge >= 0.3 is 0 Å². The number of ether oxygens (including phenoxy) is 3. The third-order valence-electron chi connectivity index (χ3n) is 13.1. The summed E-state index contributed by atoms with van der Waals surface area (Å²) >= 11 is 0. The molecule has 4 aromatic carbocycles. The highest BCUT2D eigenvalue weighted by atomic mass is 16.5. The lowest BCUT2D eigenvalue weighted by molar-refractivity contribution is 0.304. The van der Waals surface area contributed by atoms with Crippen molar-refractivity contribution in [2.24, 2.45) is 0 Å². The van der Waals surface area contributed by atoms with Gasteiger partial charge in [0.25, 0.3) is 17.7 Å². The highest BCUT2D eigenvalue weighted by molar-refractivity contribution is 5.75. The van der Waals surface area contributed by atoms with Crippen molar-refractivity contribution in [2.45, 2.75) is 175 Å². The van der Waals surface area contributed by atoms with Crippen LogP contribution < -0.4 is 14.2 Å². The number of aromatic nitrogens is 6. The first-order chi connectivity index (χ1) is 35.6. The van der Waals surface area contributed by atoms with E-state index in [0.29, 0.717) is 71.7 Å². The lowest BCUT2D eigenvalue weighted by atomic mass is 10.0. The van der Waals surface area contributed by atoms with Gasteiger partial charge in [-0.05, 0) is 110 Å². The number of nitrogens with zero attached hydrogens (tertiary/aromatic N) is 6. The highest BCUT2D eigenvalue weighted by Crippen LogP contribution is 2.34. The zero-order valence-electron chi connectivity index (χ0n) is 43.4. The van der Waals surface area contributed by atoms with E-state index in [4.69, 9.17) is 42.7 Å². The van der Waals surface area contributed by atoms with Crippen molar-refractivity contribution in [3.63, 3.8) is 0 Å². The smallest absolute Gasteiger partial charge is 0.258 e. The molecule has 3 aromatic heterocycles. The molecule has 0 N–H and O–H groups in total. The van der Waals surface area contributed by atoms with E-state index in [-0.39, 0.29) is 0 Å². The Morgan fingerprint density at radius 1 is 0.292 bits per heavy atom. The van der Waals surface area contributed by atoms with Crippen molar-refractivity contribution in [3.8, 4) is 85.8 Å². The minimum Gasteiger partial charge on any atom is -0.494 e. The molecule has 0 amide bonds. The second kappa shape index (κ2) is 30.6. The SMILES string of the molecule is CCCCCCCCCCOc1ccc(-c2noc(-c3cc(-c4nc(-c5ccc(OCCCCCCCCCC)cc5)no4)cc(-c4nc(-c5ccc(OCCCCCCCCCC)cc5)no4)c3)n2)cc1. The summed E-state index contributed by atoms with van der Waals surface area (Å²) in [5, 5.41) is 13.1. The van der Waals surface area contributed by atoms with E-state index in [2.05, 4.69) is 36.2 Å². The first-order valence-electron chi connectivity index (χ1n) is 27.5. The van der Waals surface area contributed by atoms with Gasteiger partial charge in [0.05, 0.1) is 19.8 Å². The molecule has 0 radical (unpaired) electrons. The van der Waals surface area contributed by atoms with Crippen molar-refractivity contribution in [2.75, 3.05) is 19.8 Å². The highest BCUT2D eigenvalue weighted by Gasteiger charge is 2.20. The Hall–Kier alpha value is -6.30. The zero-order valence-corrected chi connectivity index (χ0v) is 43.4. The Labute approximate surface area is 428 Å². The zero-order chi connectivity index (χ0) is 49.8. The number of hydrogen-bond donors (Lipinski definition) is 0. The molecular formula is C60H78N6O6. The summed E-state index contributed by atoms with van der Waals surface area (Å²) in [7, 11) is 0. The molecule has 0 bridgehead atoms. The van der Waals surface area contributed by atoms with E-state index in [9.17, 15) is 0 Å². The summed E-state index contributed by atoms with van der Waals surface area (Å²) in [5.41, 5.74) is 4.25. The number of benzene rings is 4. The van der Waals surface area contributed by atoms with Crippen LogP contribution in [0.2, 0.25) is 0 Å². The fourth-order valence-corrected chi connectivity index (χ4v) is 8.75. The maximum atomic E-state index is 6.05. The third kappa shape index (κ3) is 17.5. The fraction of sp³-hybridized carbons (Fsp3) is 0.500. The molecule has 0 unspecified atom stereocenters. The summed E-state index contributed by atoms with van der Waals surface area (Å²) in [4.78, 5) is 14.5. The Kier molecular flexibility index (Phi) is 22.7.